The van der Waals surface area contributed by atoms with Gasteiger partial charge in [0.1, 0.15) is 0 Å². The van der Waals surface area contributed by atoms with Gasteiger partial charge in [-0.05, 0) is 42.2 Å². The summed E-state index contributed by atoms with van der Waals surface area (Å²) in [5.41, 5.74) is 2.45. The summed E-state index contributed by atoms with van der Waals surface area (Å²) in [6, 6.07) is 15.2. The summed E-state index contributed by atoms with van der Waals surface area (Å²) in [5, 5.41) is 10.2. The van der Waals surface area contributed by atoms with Crippen molar-refractivity contribution in [2.24, 2.45) is 5.92 Å². The van der Waals surface area contributed by atoms with E-state index >= 15 is 0 Å². The van der Waals surface area contributed by atoms with Crippen molar-refractivity contribution in [1.29, 1.82) is 0 Å². The summed E-state index contributed by atoms with van der Waals surface area (Å²) in [4.78, 5) is 27.0. The van der Waals surface area contributed by atoms with Gasteiger partial charge in [0.2, 0.25) is 5.78 Å². The van der Waals surface area contributed by atoms with Crippen LogP contribution in [0.15, 0.2) is 58.5 Å². The van der Waals surface area contributed by atoms with Gasteiger partial charge in [-0.25, -0.2) is 0 Å². The van der Waals surface area contributed by atoms with Crippen LogP contribution in [-0.2, 0) is 12.3 Å². The Labute approximate surface area is 191 Å². The summed E-state index contributed by atoms with van der Waals surface area (Å²) < 4.78 is 3.70. The first-order chi connectivity index (χ1) is 15.4. The highest BCUT2D eigenvalue weighted by atomic mass is 32.2. The van der Waals surface area contributed by atoms with Crippen LogP contribution in [0.4, 0.5) is 0 Å². The van der Waals surface area contributed by atoms with Crippen molar-refractivity contribution in [1.82, 2.24) is 24.1 Å². The van der Waals surface area contributed by atoms with Crippen LogP contribution in [0.25, 0.3) is 16.7 Å². The number of thioether (sulfide) groups is 1. The lowest BCUT2D eigenvalue weighted by atomic mass is 10.1. The minimum atomic E-state index is -0.0346. The molecule has 0 unspecified atom stereocenters. The molecule has 0 bridgehead atoms. The minimum absolute atomic E-state index is 0.0232. The standard InChI is InChI=1S/C24H27N5O2S/c1-16(2)12-13-28-22(31)19-10-5-6-11-20(19)29-23(28)25-26-24(29)32-15-17-8-7-9-18(14-17)21(30)27(3)4/h5-11,14,16H,12-13,15H2,1-4H3. The molecular weight excluding hydrogens is 422 g/mol. The molecule has 0 saturated heterocycles. The van der Waals surface area contributed by atoms with Gasteiger partial charge in [-0.2, -0.15) is 0 Å². The molecule has 2 heterocycles. The van der Waals surface area contributed by atoms with Crippen molar-refractivity contribution in [3.05, 3.63) is 70.0 Å². The molecule has 8 heteroatoms. The summed E-state index contributed by atoms with van der Waals surface area (Å²) in [7, 11) is 3.49. The monoisotopic (exact) mass is 449 g/mol. The van der Waals surface area contributed by atoms with Gasteiger partial charge in [0, 0.05) is 32.0 Å². The van der Waals surface area contributed by atoms with Crippen LogP contribution >= 0.6 is 11.8 Å². The fourth-order valence-electron chi connectivity index (χ4n) is 3.62. The SMILES string of the molecule is CC(C)CCn1c(=O)c2ccccc2n2c(SCc3cccc(C(=O)N(C)C)c3)nnc12. The van der Waals surface area contributed by atoms with E-state index in [4.69, 9.17) is 0 Å². The molecule has 0 N–H and O–H groups in total. The molecule has 0 aliphatic carbocycles. The predicted octanol–water partition coefficient (Wildman–Crippen LogP) is 4.08. The van der Waals surface area contributed by atoms with Gasteiger partial charge >= 0.3 is 0 Å². The van der Waals surface area contributed by atoms with E-state index in [1.54, 1.807) is 35.3 Å². The van der Waals surface area contributed by atoms with Gasteiger partial charge in [-0.3, -0.25) is 18.6 Å². The highest BCUT2D eigenvalue weighted by Gasteiger charge is 2.17. The number of benzene rings is 2. The molecule has 2 aromatic carbocycles. The number of nitrogens with zero attached hydrogens (tertiary/aromatic N) is 5. The Balaban J connectivity index is 1.72. The number of fused-ring (bicyclic) bond motifs is 3. The number of hydrogen-bond donors (Lipinski definition) is 0. The number of rotatable bonds is 7. The van der Waals surface area contributed by atoms with Crippen LogP contribution < -0.4 is 5.56 Å². The lowest BCUT2D eigenvalue weighted by Gasteiger charge is -2.12. The Morgan fingerprint density at radius 3 is 2.62 bits per heavy atom. The van der Waals surface area contributed by atoms with Crippen molar-refractivity contribution in [3.8, 4) is 0 Å². The zero-order chi connectivity index (χ0) is 22.8. The van der Waals surface area contributed by atoms with Gasteiger partial charge in [-0.15, -0.1) is 10.2 Å². The molecule has 4 aromatic rings. The largest absolute Gasteiger partial charge is 0.345 e. The zero-order valence-electron chi connectivity index (χ0n) is 18.8. The molecule has 32 heavy (non-hydrogen) atoms. The van der Waals surface area contributed by atoms with Crippen LogP contribution in [0.1, 0.15) is 36.2 Å². The van der Waals surface area contributed by atoms with E-state index in [1.165, 1.54) is 0 Å². The third kappa shape index (κ3) is 4.27. The molecule has 0 saturated carbocycles. The second-order valence-electron chi connectivity index (χ2n) is 8.46. The van der Waals surface area contributed by atoms with Crippen molar-refractivity contribution in [2.45, 2.75) is 37.7 Å². The average Bonchev–Trinajstić information content (AvgIpc) is 3.21. The molecule has 166 valence electrons. The number of aromatic nitrogens is 4. The van der Waals surface area contributed by atoms with E-state index in [-0.39, 0.29) is 11.5 Å². The van der Waals surface area contributed by atoms with Crippen molar-refractivity contribution in [2.75, 3.05) is 14.1 Å². The van der Waals surface area contributed by atoms with Crippen molar-refractivity contribution < 1.29 is 4.79 Å². The molecule has 2 aromatic heterocycles. The van der Waals surface area contributed by atoms with E-state index in [2.05, 4.69) is 24.0 Å². The maximum atomic E-state index is 13.1. The molecule has 0 atom stereocenters. The summed E-state index contributed by atoms with van der Waals surface area (Å²) in [6.07, 6.45) is 0.885. The molecule has 0 aliphatic heterocycles. The first-order valence-corrected chi connectivity index (χ1v) is 11.7. The third-order valence-electron chi connectivity index (χ3n) is 5.36. The van der Waals surface area contributed by atoms with E-state index in [0.29, 0.717) is 34.9 Å². The van der Waals surface area contributed by atoms with Gasteiger partial charge in [-0.1, -0.05) is 49.9 Å². The zero-order valence-corrected chi connectivity index (χ0v) is 19.6. The van der Waals surface area contributed by atoms with Gasteiger partial charge in [0.15, 0.2) is 5.16 Å². The lowest BCUT2D eigenvalue weighted by molar-refractivity contribution is 0.0827. The fraction of sp³-hybridized carbons (Fsp3) is 0.333. The molecule has 7 nitrogen and oxygen atoms in total. The average molecular weight is 450 g/mol. The fourth-order valence-corrected chi connectivity index (χ4v) is 4.50. The first-order valence-electron chi connectivity index (χ1n) is 10.7. The maximum Gasteiger partial charge on any atom is 0.262 e. The summed E-state index contributed by atoms with van der Waals surface area (Å²) >= 11 is 1.54. The molecule has 0 aliphatic rings. The minimum Gasteiger partial charge on any atom is -0.345 e. The molecule has 0 fully saturated rings. The Kier molecular flexibility index (Phi) is 6.32. The Bertz CT molecular complexity index is 1340. The first kappa shape index (κ1) is 22.1. The molecule has 0 spiro atoms. The maximum absolute atomic E-state index is 13.1. The lowest BCUT2D eigenvalue weighted by Crippen LogP contribution is -2.24. The smallest absolute Gasteiger partial charge is 0.262 e. The van der Waals surface area contributed by atoms with E-state index in [0.717, 1.165) is 22.7 Å². The van der Waals surface area contributed by atoms with Gasteiger partial charge in [0.25, 0.3) is 11.5 Å². The number of aryl methyl sites for hydroxylation is 1. The number of carbonyl (C=O) groups excluding carboxylic acids is 1. The van der Waals surface area contributed by atoms with Gasteiger partial charge in [0.05, 0.1) is 10.9 Å². The second-order valence-corrected chi connectivity index (χ2v) is 9.41. The highest BCUT2D eigenvalue weighted by molar-refractivity contribution is 7.98. The highest BCUT2D eigenvalue weighted by Crippen LogP contribution is 2.25. The van der Waals surface area contributed by atoms with E-state index in [1.807, 2.05) is 52.9 Å². The van der Waals surface area contributed by atoms with Crippen LogP contribution in [0, 0.1) is 5.92 Å². The Morgan fingerprint density at radius 2 is 1.88 bits per heavy atom. The normalized spacial score (nSPS) is 11.5. The van der Waals surface area contributed by atoms with Crippen molar-refractivity contribution >= 4 is 34.3 Å². The third-order valence-corrected chi connectivity index (χ3v) is 6.36. The molecule has 1 amide bonds. The Morgan fingerprint density at radius 1 is 1.09 bits per heavy atom. The summed E-state index contributed by atoms with van der Waals surface area (Å²) in [6.45, 7) is 4.88. The van der Waals surface area contributed by atoms with Crippen LogP contribution in [0.2, 0.25) is 0 Å². The predicted molar refractivity (Wildman–Crippen MR) is 128 cm³/mol. The number of para-hydroxylation sites is 1. The summed E-state index contributed by atoms with van der Waals surface area (Å²) in [5.74, 6) is 1.65. The van der Waals surface area contributed by atoms with Crippen molar-refractivity contribution in [3.63, 3.8) is 0 Å². The van der Waals surface area contributed by atoms with E-state index < -0.39 is 0 Å². The van der Waals surface area contributed by atoms with Gasteiger partial charge < -0.3 is 4.90 Å². The number of hydrogen-bond acceptors (Lipinski definition) is 5. The molecular formula is C24H27N5O2S. The quantitative estimate of drug-likeness (QED) is 0.398. The van der Waals surface area contributed by atoms with Crippen LogP contribution in [0.3, 0.4) is 0 Å². The van der Waals surface area contributed by atoms with E-state index in [9.17, 15) is 9.59 Å². The second kappa shape index (κ2) is 9.16. The van der Waals surface area contributed by atoms with Crippen LogP contribution in [-0.4, -0.2) is 44.1 Å². The number of amides is 1. The topological polar surface area (TPSA) is 72.5 Å². The molecule has 0 radical (unpaired) electrons. The van der Waals surface area contributed by atoms with Crippen LogP contribution in [0.5, 0.6) is 0 Å². The number of carbonyl (C=O) groups is 1. The molecule has 4 rings (SSSR count). The Hall–Kier alpha value is -3.13.